The van der Waals surface area contributed by atoms with Crippen LogP contribution in [0.25, 0.3) is 0 Å². The van der Waals surface area contributed by atoms with Gasteiger partial charge < -0.3 is 10.4 Å². The number of hydrogen-bond acceptors (Lipinski definition) is 2. The van der Waals surface area contributed by atoms with Gasteiger partial charge in [0.15, 0.2) is 0 Å². The number of phenolic OH excluding ortho intramolecular Hbond substituents is 1. The Kier molecular flexibility index (Phi) is 6.05. The zero-order valence-corrected chi connectivity index (χ0v) is 11.6. The highest BCUT2D eigenvalue weighted by molar-refractivity contribution is 9.10. The molecule has 2 N–H and O–H groups in total. The minimum Gasteiger partial charge on any atom is -0.507 e. The number of amides is 1. The molecule has 1 amide bonds. The summed E-state index contributed by atoms with van der Waals surface area (Å²) in [6, 6.07) is 4.82. The molecule has 0 aliphatic rings. The molecule has 0 bridgehead atoms. The van der Waals surface area contributed by atoms with Crippen molar-refractivity contribution in [3.8, 4) is 5.75 Å². The molecule has 1 aromatic rings. The van der Waals surface area contributed by atoms with Gasteiger partial charge in [-0.1, -0.05) is 26.2 Å². The number of unbranched alkanes of at least 4 members (excludes halogenated alkanes) is 3. The zero-order chi connectivity index (χ0) is 12.7. The van der Waals surface area contributed by atoms with Crippen LogP contribution in [-0.4, -0.2) is 17.6 Å². The SMILES string of the molecule is CCCCCCNC(=O)c1ccc(Br)c(O)c1. The molecule has 0 fully saturated rings. The highest BCUT2D eigenvalue weighted by atomic mass is 79.9. The lowest BCUT2D eigenvalue weighted by Gasteiger charge is -2.06. The minimum absolute atomic E-state index is 0.0867. The molecule has 4 heteroatoms. The van der Waals surface area contributed by atoms with E-state index in [1.54, 1.807) is 12.1 Å². The molecule has 0 heterocycles. The zero-order valence-electron chi connectivity index (χ0n) is 10.0. The van der Waals surface area contributed by atoms with E-state index in [0.717, 1.165) is 12.8 Å². The first kappa shape index (κ1) is 14.0. The normalized spacial score (nSPS) is 10.2. The van der Waals surface area contributed by atoms with Crippen molar-refractivity contribution in [1.29, 1.82) is 0 Å². The molecule has 0 unspecified atom stereocenters. The lowest BCUT2D eigenvalue weighted by Crippen LogP contribution is -2.24. The molecule has 0 aliphatic heterocycles. The fourth-order valence-electron chi connectivity index (χ4n) is 1.51. The van der Waals surface area contributed by atoms with Crippen molar-refractivity contribution < 1.29 is 9.90 Å². The van der Waals surface area contributed by atoms with E-state index in [-0.39, 0.29) is 11.7 Å². The maximum Gasteiger partial charge on any atom is 0.251 e. The van der Waals surface area contributed by atoms with E-state index in [1.165, 1.54) is 18.9 Å². The number of halogens is 1. The molecule has 0 spiro atoms. The molecular formula is C13H18BrNO2. The fourth-order valence-corrected chi connectivity index (χ4v) is 1.76. The van der Waals surface area contributed by atoms with Crippen LogP contribution in [0.5, 0.6) is 5.75 Å². The second-order valence-electron chi connectivity index (χ2n) is 3.98. The third-order valence-corrected chi connectivity index (χ3v) is 3.19. The number of nitrogens with one attached hydrogen (secondary N) is 1. The van der Waals surface area contributed by atoms with Crippen LogP contribution >= 0.6 is 15.9 Å². The monoisotopic (exact) mass is 299 g/mol. The van der Waals surface area contributed by atoms with Gasteiger partial charge in [-0.15, -0.1) is 0 Å². The van der Waals surface area contributed by atoms with E-state index in [2.05, 4.69) is 28.2 Å². The number of phenols is 1. The standard InChI is InChI=1S/C13H18BrNO2/c1-2-3-4-5-8-15-13(17)10-6-7-11(14)12(16)9-10/h6-7,9,16H,2-5,8H2,1H3,(H,15,17). The second-order valence-corrected chi connectivity index (χ2v) is 4.84. The molecule has 3 nitrogen and oxygen atoms in total. The molecular weight excluding hydrogens is 282 g/mol. The summed E-state index contributed by atoms with van der Waals surface area (Å²) in [5, 5.41) is 12.3. The number of hydrogen-bond donors (Lipinski definition) is 2. The first-order valence-electron chi connectivity index (χ1n) is 5.92. The predicted molar refractivity (Wildman–Crippen MR) is 72.3 cm³/mol. The van der Waals surface area contributed by atoms with Crippen molar-refractivity contribution in [1.82, 2.24) is 5.32 Å². The molecule has 0 radical (unpaired) electrons. The van der Waals surface area contributed by atoms with Crippen LogP contribution in [0.1, 0.15) is 43.0 Å². The van der Waals surface area contributed by atoms with Crippen molar-refractivity contribution in [2.75, 3.05) is 6.54 Å². The molecule has 0 aliphatic carbocycles. The lowest BCUT2D eigenvalue weighted by atomic mass is 10.2. The van der Waals surface area contributed by atoms with Gasteiger partial charge in [0.05, 0.1) is 4.47 Å². The second kappa shape index (κ2) is 7.33. The Balaban J connectivity index is 2.39. The first-order chi connectivity index (χ1) is 8.15. The average molecular weight is 300 g/mol. The smallest absolute Gasteiger partial charge is 0.251 e. The summed E-state index contributed by atoms with van der Waals surface area (Å²) in [7, 11) is 0. The van der Waals surface area contributed by atoms with Gasteiger partial charge in [0.2, 0.25) is 0 Å². The Bertz CT molecular complexity index is 380. The average Bonchev–Trinajstić information content (AvgIpc) is 2.32. The van der Waals surface area contributed by atoms with E-state index in [1.807, 2.05) is 0 Å². The summed E-state index contributed by atoms with van der Waals surface area (Å²) in [6.45, 7) is 2.85. The lowest BCUT2D eigenvalue weighted by molar-refractivity contribution is 0.0952. The summed E-state index contributed by atoms with van der Waals surface area (Å²) in [6.07, 6.45) is 4.54. The molecule has 0 aromatic heterocycles. The fraction of sp³-hybridized carbons (Fsp3) is 0.462. The first-order valence-corrected chi connectivity index (χ1v) is 6.71. The van der Waals surface area contributed by atoms with Crippen molar-refractivity contribution in [2.45, 2.75) is 32.6 Å². The van der Waals surface area contributed by atoms with Gasteiger partial charge in [0.1, 0.15) is 5.75 Å². The minimum atomic E-state index is -0.135. The van der Waals surface area contributed by atoms with Gasteiger partial charge in [-0.05, 0) is 40.5 Å². The molecule has 1 aromatic carbocycles. The van der Waals surface area contributed by atoms with E-state index < -0.39 is 0 Å². The molecule has 1 rings (SSSR count). The third kappa shape index (κ3) is 4.77. The largest absolute Gasteiger partial charge is 0.507 e. The summed E-state index contributed by atoms with van der Waals surface area (Å²) < 4.78 is 0.594. The van der Waals surface area contributed by atoms with Crippen LogP contribution in [0, 0.1) is 0 Å². The summed E-state index contributed by atoms with van der Waals surface area (Å²) >= 11 is 3.18. The Labute approximate surface area is 110 Å². The van der Waals surface area contributed by atoms with E-state index in [4.69, 9.17) is 0 Å². The Morgan fingerprint density at radius 1 is 1.35 bits per heavy atom. The molecule has 17 heavy (non-hydrogen) atoms. The van der Waals surface area contributed by atoms with Crippen LogP contribution in [0.4, 0.5) is 0 Å². The van der Waals surface area contributed by atoms with E-state index in [0.29, 0.717) is 16.6 Å². The summed E-state index contributed by atoms with van der Waals surface area (Å²) in [5.41, 5.74) is 0.487. The number of benzene rings is 1. The van der Waals surface area contributed by atoms with Gasteiger partial charge >= 0.3 is 0 Å². The van der Waals surface area contributed by atoms with Crippen LogP contribution in [0.15, 0.2) is 22.7 Å². The molecule has 0 saturated carbocycles. The molecule has 94 valence electrons. The van der Waals surface area contributed by atoms with Gasteiger partial charge in [0.25, 0.3) is 5.91 Å². The predicted octanol–water partition coefficient (Wildman–Crippen LogP) is 3.46. The summed E-state index contributed by atoms with van der Waals surface area (Å²) in [4.78, 5) is 11.7. The van der Waals surface area contributed by atoms with Gasteiger partial charge in [-0.3, -0.25) is 4.79 Å². The van der Waals surface area contributed by atoms with Gasteiger partial charge in [-0.25, -0.2) is 0 Å². The van der Waals surface area contributed by atoms with E-state index in [9.17, 15) is 9.90 Å². The molecule has 0 saturated heterocycles. The highest BCUT2D eigenvalue weighted by Gasteiger charge is 2.07. The molecule has 0 atom stereocenters. The number of aromatic hydroxyl groups is 1. The van der Waals surface area contributed by atoms with Crippen molar-refractivity contribution >= 4 is 21.8 Å². The van der Waals surface area contributed by atoms with Crippen LogP contribution < -0.4 is 5.32 Å². The van der Waals surface area contributed by atoms with Crippen molar-refractivity contribution in [2.24, 2.45) is 0 Å². The van der Waals surface area contributed by atoms with Crippen LogP contribution in [-0.2, 0) is 0 Å². The number of carbonyl (C=O) groups excluding carboxylic acids is 1. The summed E-state index contributed by atoms with van der Waals surface area (Å²) in [5.74, 6) is -0.0482. The Hall–Kier alpha value is -1.03. The van der Waals surface area contributed by atoms with Gasteiger partial charge in [-0.2, -0.15) is 0 Å². The van der Waals surface area contributed by atoms with Crippen molar-refractivity contribution in [3.05, 3.63) is 28.2 Å². The number of rotatable bonds is 6. The third-order valence-electron chi connectivity index (χ3n) is 2.52. The van der Waals surface area contributed by atoms with E-state index >= 15 is 0 Å². The highest BCUT2D eigenvalue weighted by Crippen LogP contribution is 2.24. The van der Waals surface area contributed by atoms with Crippen LogP contribution in [0.2, 0.25) is 0 Å². The van der Waals surface area contributed by atoms with Crippen LogP contribution in [0.3, 0.4) is 0 Å². The van der Waals surface area contributed by atoms with Gasteiger partial charge in [0, 0.05) is 12.1 Å². The Morgan fingerprint density at radius 3 is 2.76 bits per heavy atom. The van der Waals surface area contributed by atoms with Crippen molar-refractivity contribution in [3.63, 3.8) is 0 Å². The number of carbonyl (C=O) groups is 1. The maximum atomic E-state index is 11.7. The maximum absolute atomic E-state index is 11.7. The Morgan fingerprint density at radius 2 is 2.12 bits per heavy atom. The quantitative estimate of drug-likeness (QED) is 0.790. The topological polar surface area (TPSA) is 49.3 Å².